The van der Waals surface area contributed by atoms with E-state index in [1.165, 1.54) is 12.1 Å². The molecule has 0 amide bonds. The Morgan fingerprint density at radius 2 is 2.20 bits per heavy atom. The summed E-state index contributed by atoms with van der Waals surface area (Å²) in [5.74, 6) is 0.558. The lowest BCUT2D eigenvalue weighted by molar-refractivity contribution is 0.305. The highest BCUT2D eigenvalue weighted by Gasteiger charge is 2.04. The van der Waals surface area contributed by atoms with E-state index in [4.69, 9.17) is 4.74 Å². The Morgan fingerprint density at radius 3 is 2.87 bits per heavy atom. The smallest absolute Gasteiger partial charge is 0.123 e. The number of benzene rings is 1. The fourth-order valence-corrected chi connectivity index (χ4v) is 1.34. The van der Waals surface area contributed by atoms with Gasteiger partial charge in [0, 0.05) is 12.1 Å². The molecule has 0 saturated heterocycles. The predicted molar refractivity (Wildman–Crippen MR) is 59.6 cm³/mol. The minimum atomic E-state index is -0.219. The third-order valence-corrected chi connectivity index (χ3v) is 2.15. The van der Waals surface area contributed by atoms with Gasteiger partial charge < -0.3 is 10.1 Å². The fraction of sp³-hybridized carbons (Fsp3) is 0.500. The molecule has 0 radical (unpaired) electrons. The van der Waals surface area contributed by atoms with Crippen molar-refractivity contribution in [2.24, 2.45) is 0 Å². The van der Waals surface area contributed by atoms with Gasteiger partial charge in [-0.25, -0.2) is 4.39 Å². The predicted octanol–water partition coefficient (Wildman–Crippen LogP) is 2.72. The van der Waals surface area contributed by atoms with Gasteiger partial charge in [0.2, 0.25) is 0 Å². The van der Waals surface area contributed by atoms with Crippen molar-refractivity contribution in [1.82, 2.24) is 5.32 Å². The van der Waals surface area contributed by atoms with Gasteiger partial charge in [-0.2, -0.15) is 0 Å². The first-order chi connectivity index (χ1) is 7.27. The minimum Gasteiger partial charge on any atom is -0.493 e. The van der Waals surface area contributed by atoms with Crippen molar-refractivity contribution in [3.8, 4) is 5.75 Å². The molecule has 0 aliphatic carbocycles. The largest absolute Gasteiger partial charge is 0.493 e. The van der Waals surface area contributed by atoms with Crippen LogP contribution >= 0.6 is 0 Å². The molecule has 1 aromatic carbocycles. The summed E-state index contributed by atoms with van der Waals surface area (Å²) in [6, 6.07) is 4.63. The molecule has 0 aliphatic rings. The highest BCUT2D eigenvalue weighted by atomic mass is 19.1. The van der Waals surface area contributed by atoms with E-state index < -0.39 is 0 Å². The molecule has 1 N–H and O–H groups in total. The molecule has 0 spiro atoms. The summed E-state index contributed by atoms with van der Waals surface area (Å²) >= 11 is 0. The van der Waals surface area contributed by atoms with Gasteiger partial charge in [0.25, 0.3) is 0 Å². The zero-order valence-electron chi connectivity index (χ0n) is 9.35. The first-order valence-corrected chi connectivity index (χ1v) is 5.33. The Morgan fingerprint density at radius 1 is 1.40 bits per heavy atom. The van der Waals surface area contributed by atoms with Crippen molar-refractivity contribution in [2.45, 2.75) is 26.3 Å². The molecule has 0 aliphatic heterocycles. The van der Waals surface area contributed by atoms with Gasteiger partial charge in [0.1, 0.15) is 11.6 Å². The van der Waals surface area contributed by atoms with Crippen molar-refractivity contribution in [3.05, 3.63) is 29.6 Å². The van der Waals surface area contributed by atoms with E-state index in [-0.39, 0.29) is 5.82 Å². The standard InChI is InChI=1S/C12H18FNO/c1-3-4-7-15-12-6-5-11(13)8-10(12)9-14-2/h5-6,8,14H,3-4,7,9H2,1-2H3. The average molecular weight is 211 g/mol. The molecule has 84 valence electrons. The van der Waals surface area contributed by atoms with Crippen LogP contribution in [-0.4, -0.2) is 13.7 Å². The fourth-order valence-electron chi connectivity index (χ4n) is 1.34. The highest BCUT2D eigenvalue weighted by molar-refractivity contribution is 5.33. The molecule has 15 heavy (non-hydrogen) atoms. The summed E-state index contributed by atoms with van der Waals surface area (Å²) in [6.07, 6.45) is 2.12. The Bertz CT molecular complexity index is 302. The summed E-state index contributed by atoms with van der Waals surface area (Å²) in [6.45, 7) is 3.43. The Hall–Kier alpha value is -1.09. The van der Waals surface area contributed by atoms with Crippen LogP contribution in [-0.2, 0) is 6.54 Å². The number of rotatable bonds is 6. The number of halogens is 1. The van der Waals surface area contributed by atoms with E-state index in [2.05, 4.69) is 12.2 Å². The van der Waals surface area contributed by atoms with Crippen LogP contribution in [0.1, 0.15) is 25.3 Å². The lowest BCUT2D eigenvalue weighted by Gasteiger charge is -2.10. The molecule has 0 aromatic heterocycles. The molecule has 2 nitrogen and oxygen atoms in total. The molecular formula is C12H18FNO. The second-order valence-corrected chi connectivity index (χ2v) is 3.48. The Labute approximate surface area is 90.4 Å². The molecule has 3 heteroatoms. The summed E-state index contributed by atoms with van der Waals surface area (Å²) in [5, 5.41) is 3.00. The number of ether oxygens (including phenoxy) is 1. The van der Waals surface area contributed by atoms with E-state index >= 15 is 0 Å². The lowest BCUT2D eigenvalue weighted by Crippen LogP contribution is -2.08. The van der Waals surface area contributed by atoms with Crippen LogP contribution < -0.4 is 10.1 Å². The van der Waals surface area contributed by atoms with Crippen LogP contribution in [0, 0.1) is 5.82 Å². The summed E-state index contributed by atoms with van der Waals surface area (Å²) in [5.41, 5.74) is 0.869. The van der Waals surface area contributed by atoms with Gasteiger partial charge in [0.15, 0.2) is 0 Å². The monoisotopic (exact) mass is 211 g/mol. The van der Waals surface area contributed by atoms with Gasteiger partial charge in [-0.05, 0) is 31.7 Å². The topological polar surface area (TPSA) is 21.3 Å². The van der Waals surface area contributed by atoms with Gasteiger partial charge >= 0.3 is 0 Å². The molecular weight excluding hydrogens is 193 g/mol. The first kappa shape index (κ1) is 12.0. The van der Waals surface area contributed by atoms with E-state index in [1.54, 1.807) is 6.07 Å². The molecule has 0 bridgehead atoms. The maximum atomic E-state index is 13.0. The van der Waals surface area contributed by atoms with E-state index in [1.807, 2.05) is 7.05 Å². The van der Waals surface area contributed by atoms with Crippen LogP contribution in [0.5, 0.6) is 5.75 Å². The van der Waals surface area contributed by atoms with Crippen molar-refractivity contribution < 1.29 is 9.13 Å². The van der Waals surface area contributed by atoms with Crippen LogP contribution in [0.4, 0.5) is 4.39 Å². The van der Waals surface area contributed by atoms with Crippen molar-refractivity contribution >= 4 is 0 Å². The second kappa shape index (κ2) is 6.40. The number of nitrogens with one attached hydrogen (secondary N) is 1. The molecule has 0 atom stereocenters. The highest BCUT2D eigenvalue weighted by Crippen LogP contribution is 2.19. The van der Waals surface area contributed by atoms with E-state index in [9.17, 15) is 4.39 Å². The number of hydrogen-bond acceptors (Lipinski definition) is 2. The summed E-state index contributed by atoms with van der Waals surface area (Å²) in [7, 11) is 1.83. The number of unbranched alkanes of at least 4 members (excludes halogenated alkanes) is 1. The van der Waals surface area contributed by atoms with Crippen molar-refractivity contribution in [3.63, 3.8) is 0 Å². The average Bonchev–Trinajstić information content (AvgIpc) is 2.22. The van der Waals surface area contributed by atoms with Crippen molar-refractivity contribution in [1.29, 1.82) is 0 Å². The lowest BCUT2D eigenvalue weighted by atomic mass is 10.2. The number of hydrogen-bond donors (Lipinski definition) is 1. The molecule has 1 aromatic rings. The maximum Gasteiger partial charge on any atom is 0.123 e. The molecule has 0 heterocycles. The molecule has 0 saturated carbocycles. The molecule has 1 rings (SSSR count). The van der Waals surface area contributed by atoms with Gasteiger partial charge in [-0.3, -0.25) is 0 Å². The third-order valence-electron chi connectivity index (χ3n) is 2.15. The normalized spacial score (nSPS) is 10.3. The zero-order valence-corrected chi connectivity index (χ0v) is 9.35. The van der Waals surface area contributed by atoms with Crippen LogP contribution in [0.3, 0.4) is 0 Å². The summed E-state index contributed by atoms with van der Waals surface area (Å²) < 4.78 is 18.6. The van der Waals surface area contributed by atoms with Crippen LogP contribution in [0.2, 0.25) is 0 Å². The maximum absolute atomic E-state index is 13.0. The second-order valence-electron chi connectivity index (χ2n) is 3.48. The quantitative estimate of drug-likeness (QED) is 0.730. The SMILES string of the molecule is CCCCOc1ccc(F)cc1CNC. The van der Waals surface area contributed by atoms with E-state index in [0.717, 1.165) is 24.2 Å². The van der Waals surface area contributed by atoms with Gasteiger partial charge in [-0.15, -0.1) is 0 Å². The minimum absolute atomic E-state index is 0.219. The zero-order chi connectivity index (χ0) is 11.1. The van der Waals surface area contributed by atoms with Gasteiger partial charge in [0.05, 0.1) is 6.61 Å². The van der Waals surface area contributed by atoms with E-state index in [0.29, 0.717) is 13.2 Å². The van der Waals surface area contributed by atoms with Crippen molar-refractivity contribution in [2.75, 3.05) is 13.7 Å². The Balaban J connectivity index is 2.67. The van der Waals surface area contributed by atoms with Crippen LogP contribution in [0.15, 0.2) is 18.2 Å². The molecule has 0 fully saturated rings. The molecule has 0 unspecified atom stereocenters. The Kier molecular flexibility index (Phi) is 5.12. The van der Waals surface area contributed by atoms with Crippen LogP contribution in [0.25, 0.3) is 0 Å². The first-order valence-electron chi connectivity index (χ1n) is 5.33. The summed E-state index contributed by atoms with van der Waals surface area (Å²) in [4.78, 5) is 0. The van der Waals surface area contributed by atoms with Gasteiger partial charge in [-0.1, -0.05) is 13.3 Å². The third kappa shape index (κ3) is 3.88.